The van der Waals surface area contributed by atoms with Gasteiger partial charge in [0.25, 0.3) is 0 Å². The summed E-state index contributed by atoms with van der Waals surface area (Å²) >= 11 is 0. The Morgan fingerprint density at radius 3 is 2.80 bits per heavy atom. The molecular formula is C12H16N4O3S. The van der Waals surface area contributed by atoms with E-state index in [2.05, 4.69) is 19.9 Å². The summed E-state index contributed by atoms with van der Waals surface area (Å²) in [6.07, 6.45) is 1.32. The van der Waals surface area contributed by atoms with Gasteiger partial charge in [-0.25, -0.2) is 18.1 Å². The first kappa shape index (κ1) is 14.6. The Balaban J connectivity index is 2.31. The second-order valence-electron chi connectivity index (χ2n) is 4.41. The van der Waals surface area contributed by atoms with E-state index in [0.717, 1.165) is 0 Å². The van der Waals surface area contributed by atoms with Crippen molar-refractivity contribution in [3.8, 4) is 0 Å². The highest BCUT2D eigenvalue weighted by molar-refractivity contribution is 7.89. The van der Waals surface area contributed by atoms with Crippen molar-refractivity contribution in [2.45, 2.75) is 31.4 Å². The minimum Gasteiger partial charge on any atom is -0.392 e. The van der Waals surface area contributed by atoms with E-state index < -0.39 is 16.1 Å². The quantitative estimate of drug-likeness (QED) is 0.750. The molecule has 0 fully saturated rings. The van der Waals surface area contributed by atoms with Crippen LogP contribution in [0.4, 0.5) is 0 Å². The molecule has 20 heavy (non-hydrogen) atoms. The van der Waals surface area contributed by atoms with Gasteiger partial charge in [-0.3, -0.25) is 5.10 Å². The Kier molecular flexibility index (Phi) is 4.17. The first-order valence-electron chi connectivity index (χ1n) is 6.02. The van der Waals surface area contributed by atoms with Gasteiger partial charge in [-0.2, -0.15) is 5.10 Å². The lowest BCUT2D eigenvalue weighted by Gasteiger charge is -2.14. The summed E-state index contributed by atoms with van der Waals surface area (Å²) in [7, 11) is -3.70. The number of nitrogens with zero attached hydrogens (tertiary/aromatic N) is 2. The van der Waals surface area contributed by atoms with Gasteiger partial charge in [-0.15, -0.1) is 0 Å². The zero-order valence-corrected chi connectivity index (χ0v) is 12.0. The van der Waals surface area contributed by atoms with Crippen molar-refractivity contribution in [3.05, 3.63) is 41.5 Å². The predicted molar refractivity (Wildman–Crippen MR) is 72.2 cm³/mol. The molecule has 7 nitrogen and oxygen atoms in total. The van der Waals surface area contributed by atoms with Crippen molar-refractivity contribution < 1.29 is 13.5 Å². The molecule has 0 aliphatic rings. The van der Waals surface area contributed by atoms with Crippen molar-refractivity contribution in [1.82, 2.24) is 19.9 Å². The van der Waals surface area contributed by atoms with Crippen molar-refractivity contribution in [1.29, 1.82) is 0 Å². The van der Waals surface area contributed by atoms with Crippen LogP contribution in [0, 0.1) is 6.92 Å². The monoisotopic (exact) mass is 296 g/mol. The summed E-state index contributed by atoms with van der Waals surface area (Å²) in [5, 5.41) is 15.5. The summed E-state index contributed by atoms with van der Waals surface area (Å²) in [6, 6.07) is 4.27. The van der Waals surface area contributed by atoms with Gasteiger partial charge < -0.3 is 5.11 Å². The SMILES string of the molecule is Cc1c(CO)cccc1S(=O)(=O)NC(C)c1ncn[nH]1. The number of aromatic amines is 1. The molecule has 0 radical (unpaired) electrons. The smallest absolute Gasteiger partial charge is 0.241 e. The summed E-state index contributed by atoms with van der Waals surface area (Å²) < 4.78 is 27.3. The van der Waals surface area contributed by atoms with Gasteiger partial charge in [0.15, 0.2) is 0 Å². The minimum absolute atomic E-state index is 0.149. The van der Waals surface area contributed by atoms with Gasteiger partial charge >= 0.3 is 0 Å². The first-order chi connectivity index (χ1) is 9.45. The Morgan fingerprint density at radius 1 is 1.45 bits per heavy atom. The van der Waals surface area contributed by atoms with E-state index >= 15 is 0 Å². The van der Waals surface area contributed by atoms with E-state index in [1.54, 1.807) is 26.0 Å². The zero-order valence-electron chi connectivity index (χ0n) is 11.2. The highest BCUT2D eigenvalue weighted by Gasteiger charge is 2.22. The highest BCUT2D eigenvalue weighted by Crippen LogP contribution is 2.20. The fourth-order valence-corrected chi connectivity index (χ4v) is 3.39. The second kappa shape index (κ2) is 5.70. The molecule has 1 aromatic carbocycles. The van der Waals surface area contributed by atoms with Crippen molar-refractivity contribution in [3.63, 3.8) is 0 Å². The number of benzene rings is 1. The third-order valence-corrected chi connectivity index (χ3v) is 4.72. The minimum atomic E-state index is -3.70. The van der Waals surface area contributed by atoms with E-state index in [1.807, 2.05) is 0 Å². The molecule has 108 valence electrons. The van der Waals surface area contributed by atoms with Gasteiger partial charge in [-0.05, 0) is 31.0 Å². The summed E-state index contributed by atoms with van der Waals surface area (Å²) in [6.45, 7) is 3.13. The number of hydrogen-bond donors (Lipinski definition) is 3. The van der Waals surface area contributed by atoms with Crippen LogP contribution >= 0.6 is 0 Å². The molecule has 1 unspecified atom stereocenters. The van der Waals surface area contributed by atoms with E-state index in [1.165, 1.54) is 12.4 Å². The second-order valence-corrected chi connectivity index (χ2v) is 6.09. The molecule has 0 saturated heterocycles. The molecule has 2 aromatic rings. The highest BCUT2D eigenvalue weighted by atomic mass is 32.2. The third-order valence-electron chi connectivity index (χ3n) is 3.03. The van der Waals surface area contributed by atoms with Crippen LogP contribution in [-0.4, -0.2) is 28.7 Å². The maximum Gasteiger partial charge on any atom is 0.241 e. The van der Waals surface area contributed by atoms with Gasteiger partial charge in [0.05, 0.1) is 17.5 Å². The third kappa shape index (κ3) is 2.87. The molecule has 3 N–H and O–H groups in total. The van der Waals surface area contributed by atoms with Crippen LogP contribution in [0.15, 0.2) is 29.4 Å². The fraction of sp³-hybridized carbons (Fsp3) is 0.333. The van der Waals surface area contributed by atoms with Gasteiger partial charge in [-0.1, -0.05) is 12.1 Å². The number of rotatable bonds is 5. The Hall–Kier alpha value is -1.77. The first-order valence-corrected chi connectivity index (χ1v) is 7.51. The van der Waals surface area contributed by atoms with E-state index in [4.69, 9.17) is 0 Å². The Morgan fingerprint density at radius 2 is 2.20 bits per heavy atom. The maximum atomic E-state index is 12.4. The van der Waals surface area contributed by atoms with Crippen LogP contribution in [0.1, 0.15) is 29.9 Å². The standard InChI is InChI=1S/C12H16N4O3S/c1-8-10(6-17)4-3-5-11(8)20(18,19)16-9(2)12-13-7-14-15-12/h3-5,7,9,16-17H,6H2,1-2H3,(H,13,14,15). The van der Waals surface area contributed by atoms with Crippen LogP contribution in [0.25, 0.3) is 0 Å². The summed E-state index contributed by atoms with van der Waals surface area (Å²) in [5.74, 6) is 0.435. The molecule has 0 bridgehead atoms. The summed E-state index contributed by atoms with van der Waals surface area (Å²) in [4.78, 5) is 4.07. The average molecular weight is 296 g/mol. The number of H-pyrrole nitrogens is 1. The van der Waals surface area contributed by atoms with Crippen LogP contribution in [0.2, 0.25) is 0 Å². The lowest BCUT2D eigenvalue weighted by atomic mass is 10.1. The molecule has 8 heteroatoms. The van der Waals surface area contributed by atoms with Gasteiger partial charge in [0.2, 0.25) is 10.0 Å². The Labute approximate surface area is 117 Å². The predicted octanol–water partition coefficient (Wildman–Crippen LogP) is 0.645. The number of aromatic nitrogens is 3. The van der Waals surface area contributed by atoms with Crippen molar-refractivity contribution in [2.24, 2.45) is 0 Å². The molecule has 1 heterocycles. The normalized spacial score (nSPS) is 13.3. The van der Waals surface area contributed by atoms with Crippen molar-refractivity contribution in [2.75, 3.05) is 0 Å². The largest absolute Gasteiger partial charge is 0.392 e. The van der Waals surface area contributed by atoms with Gasteiger partial charge in [0.1, 0.15) is 12.2 Å². The van der Waals surface area contributed by atoms with E-state index in [9.17, 15) is 13.5 Å². The van der Waals surface area contributed by atoms with Crippen LogP contribution < -0.4 is 4.72 Å². The molecule has 0 aliphatic heterocycles. The number of aliphatic hydroxyl groups is 1. The molecule has 2 rings (SSSR count). The molecule has 0 amide bonds. The van der Waals surface area contributed by atoms with Crippen LogP contribution in [0.5, 0.6) is 0 Å². The molecule has 1 atom stereocenters. The molecule has 0 spiro atoms. The van der Waals surface area contributed by atoms with E-state index in [0.29, 0.717) is 17.0 Å². The molecular weight excluding hydrogens is 280 g/mol. The number of aliphatic hydroxyl groups excluding tert-OH is 1. The molecule has 1 aromatic heterocycles. The number of nitrogens with one attached hydrogen (secondary N) is 2. The zero-order chi connectivity index (χ0) is 14.8. The number of hydrogen-bond acceptors (Lipinski definition) is 5. The van der Waals surface area contributed by atoms with Crippen LogP contribution in [-0.2, 0) is 16.6 Å². The number of sulfonamides is 1. The lowest BCUT2D eigenvalue weighted by molar-refractivity contribution is 0.280. The van der Waals surface area contributed by atoms with Crippen molar-refractivity contribution >= 4 is 10.0 Å². The van der Waals surface area contributed by atoms with Gasteiger partial charge in [0, 0.05) is 0 Å². The molecule has 0 saturated carbocycles. The Bertz CT molecular complexity index is 683. The van der Waals surface area contributed by atoms with E-state index in [-0.39, 0.29) is 11.5 Å². The topological polar surface area (TPSA) is 108 Å². The maximum absolute atomic E-state index is 12.4. The average Bonchev–Trinajstić information content (AvgIpc) is 2.92. The lowest BCUT2D eigenvalue weighted by Crippen LogP contribution is -2.28. The molecule has 0 aliphatic carbocycles. The van der Waals surface area contributed by atoms with Crippen LogP contribution in [0.3, 0.4) is 0 Å². The fourth-order valence-electron chi connectivity index (χ4n) is 1.90. The summed E-state index contributed by atoms with van der Waals surface area (Å²) in [5.41, 5.74) is 1.12.